The predicted octanol–water partition coefficient (Wildman–Crippen LogP) is 5.56. The predicted molar refractivity (Wildman–Crippen MR) is 110 cm³/mol. The molecule has 0 atom stereocenters. The first-order valence-corrected chi connectivity index (χ1v) is 8.86. The standard InChI is InChI=1S/C23H23NO.ClH/c1-24-23(13-14-23)21-11-5-9-19(15-21)20-10-6-12-22(16-20)25-17-18-7-3-2-4-8-18;/h2-12,15-16,24H,13-14,17H2,1H3;1H. The van der Waals surface area contributed by atoms with E-state index in [9.17, 15) is 0 Å². The Bertz CT molecular complexity index is 859. The molecule has 1 aliphatic rings. The third-order valence-corrected chi connectivity index (χ3v) is 5.06. The van der Waals surface area contributed by atoms with E-state index in [1.165, 1.54) is 35.1 Å². The molecular formula is C23H24ClNO. The van der Waals surface area contributed by atoms with E-state index in [1.807, 2.05) is 24.3 Å². The summed E-state index contributed by atoms with van der Waals surface area (Å²) in [7, 11) is 2.05. The van der Waals surface area contributed by atoms with E-state index in [-0.39, 0.29) is 17.9 Å². The van der Waals surface area contributed by atoms with Crippen molar-refractivity contribution in [3.63, 3.8) is 0 Å². The molecule has 3 aromatic carbocycles. The Kier molecular flexibility index (Phi) is 5.65. The zero-order chi connectivity index (χ0) is 17.1. The highest BCUT2D eigenvalue weighted by Gasteiger charge is 2.42. The second-order valence-corrected chi connectivity index (χ2v) is 6.72. The van der Waals surface area contributed by atoms with Gasteiger partial charge in [0, 0.05) is 5.54 Å². The fourth-order valence-electron chi connectivity index (χ4n) is 3.31. The Morgan fingerprint density at radius 1 is 0.846 bits per heavy atom. The molecule has 0 unspecified atom stereocenters. The van der Waals surface area contributed by atoms with Crippen molar-refractivity contribution in [1.82, 2.24) is 5.32 Å². The van der Waals surface area contributed by atoms with Crippen molar-refractivity contribution < 1.29 is 4.74 Å². The van der Waals surface area contributed by atoms with Gasteiger partial charge < -0.3 is 10.1 Å². The maximum atomic E-state index is 5.97. The Labute approximate surface area is 161 Å². The molecular weight excluding hydrogens is 342 g/mol. The van der Waals surface area contributed by atoms with Gasteiger partial charge in [-0.3, -0.25) is 0 Å². The number of rotatable bonds is 6. The summed E-state index contributed by atoms with van der Waals surface area (Å²) in [6.45, 7) is 0.590. The molecule has 0 spiro atoms. The molecule has 0 bridgehead atoms. The summed E-state index contributed by atoms with van der Waals surface area (Å²) in [5, 5.41) is 3.47. The van der Waals surface area contributed by atoms with E-state index >= 15 is 0 Å². The minimum atomic E-state index is 0. The summed E-state index contributed by atoms with van der Waals surface area (Å²) in [6, 6.07) is 27.5. The van der Waals surface area contributed by atoms with Gasteiger partial charge >= 0.3 is 0 Å². The van der Waals surface area contributed by atoms with Crippen LogP contribution in [0.3, 0.4) is 0 Å². The zero-order valence-corrected chi connectivity index (χ0v) is 15.8. The van der Waals surface area contributed by atoms with Gasteiger partial charge in [0.15, 0.2) is 0 Å². The highest BCUT2D eigenvalue weighted by molar-refractivity contribution is 5.85. The lowest BCUT2D eigenvalue weighted by atomic mass is 9.98. The lowest BCUT2D eigenvalue weighted by Gasteiger charge is -2.16. The lowest BCUT2D eigenvalue weighted by Crippen LogP contribution is -2.24. The summed E-state index contributed by atoms with van der Waals surface area (Å²) in [6.07, 6.45) is 2.43. The zero-order valence-electron chi connectivity index (χ0n) is 14.9. The van der Waals surface area contributed by atoms with Crippen LogP contribution in [0.5, 0.6) is 5.75 Å². The van der Waals surface area contributed by atoms with Gasteiger partial charge in [0.05, 0.1) is 0 Å². The van der Waals surface area contributed by atoms with E-state index in [0.717, 1.165) is 5.75 Å². The van der Waals surface area contributed by atoms with Crippen molar-refractivity contribution in [2.45, 2.75) is 25.0 Å². The van der Waals surface area contributed by atoms with Gasteiger partial charge in [-0.2, -0.15) is 0 Å². The maximum Gasteiger partial charge on any atom is 0.120 e. The van der Waals surface area contributed by atoms with Crippen molar-refractivity contribution in [2.24, 2.45) is 0 Å². The van der Waals surface area contributed by atoms with Gasteiger partial charge in [-0.25, -0.2) is 0 Å². The summed E-state index contributed by atoms with van der Waals surface area (Å²) >= 11 is 0. The fraction of sp³-hybridized carbons (Fsp3) is 0.217. The number of benzene rings is 3. The molecule has 1 N–H and O–H groups in total. The van der Waals surface area contributed by atoms with Crippen LogP contribution in [0, 0.1) is 0 Å². The van der Waals surface area contributed by atoms with Crippen LogP contribution in [0.15, 0.2) is 78.9 Å². The second-order valence-electron chi connectivity index (χ2n) is 6.72. The number of nitrogens with one attached hydrogen (secondary N) is 1. The monoisotopic (exact) mass is 365 g/mol. The summed E-state index contributed by atoms with van der Waals surface area (Å²) in [5.41, 5.74) is 5.18. The molecule has 3 heteroatoms. The molecule has 3 aromatic rings. The molecule has 0 saturated heterocycles. The van der Waals surface area contributed by atoms with Crippen molar-refractivity contribution in [1.29, 1.82) is 0 Å². The smallest absolute Gasteiger partial charge is 0.120 e. The first-order chi connectivity index (χ1) is 12.3. The maximum absolute atomic E-state index is 5.97. The third kappa shape index (κ3) is 3.92. The average Bonchev–Trinajstić information content (AvgIpc) is 3.49. The van der Waals surface area contributed by atoms with Crippen LogP contribution < -0.4 is 10.1 Å². The summed E-state index contributed by atoms with van der Waals surface area (Å²) in [5.74, 6) is 0.904. The molecule has 1 fully saturated rings. The molecule has 4 rings (SSSR count). The molecule has 1 saturated carbocycles. The Morgan fingerprint density at radius 2 is 1.54 bits per heavy atom. The molecule has 0 radical (unpaired) electrons. The van der Waals surface area contributed by atoms with Crippen LogP contribution in [0.1, 0.15) is 24.0 Å². The molecule has 0 heterocycles. The molecule has 0 amide bonds. The third-order valence-electron chi connectivity index (χ3n) is 5.06. The summed E-state index contributed by atoms with van der Waals surface area (Å²) < 4.78 is 5.97. The minimum Gasteiger partial charge on any atom is -0.489 e. The molecule has 134 valence electrons. The average molecular weight is 366 g/mol. The van der Waals surface area contributed by atoms with Crippen LogP contribution in [0.2, 0.25) is 0 Å². The Hall–Kier alpha value is -2.29. The Balaban J connectivity index is 0.00000196. The highest BCUT2D eigenvalue weighted by Crippen LogP contribution is 2.45. The van der Waals surface area contributed by atoms with Crippen LogP contribution in [0.25, 0.3) is 11.1 Å². The fourth-order valence-corrected chi connectivity index (χ4v) is 3.31. The normalized spacial score (nSPS) is 14.3. The summed E-state index contributed by atoms with van der Waals surface area (Å²) in [4.78, 5) is 0. The van der Waals surface area contributed by atoms with Gasteiger partial charge in [0.25, 0.3) is 0 Å². The van der Waals surface area contributed by atoms with E-state index < -0.39 is 0 Å². The molecule has 0 aromatic heterocycles. The SMILES string of the molecule is CNC1(c2cccc(-c3cccc(OCc4ccccc4)c3)c2)CC1.Cl. The van der Waals surface area contributed by atoms with E-state index in [1.54, 1.807) is 0 Å². The van der Waals surface area contributed by atoms with Crippen molar-refractivity contribution in [3.05, 3.63) is 90.0 Å². The molecule has 0 aliphatic heterocycles. The van der Waals surface area contributed by atoms with Gasteiger partial charge in [0.1, 0.15) is 12.4 Å². The first kappa shape index (κ1) is 18.5. The Morgan fingerprint density at radius 3 is 2.23 bits per heavy atom. The van der Waals surface area contributed by atoms with E-state index in [2.05, 4.69) is 67.0 Å². The van der Waals surface area contributed by atoms with E-state index in [0.29, 0.717) is 6.61 Å². The highest BCUT2D eigenvalue weighted by atomic mass is 35.5. The van der Waals surface area contributed by atoms with Crippen molar-refractivity contribution >= 4 is 12.4 Å². The quantitative estimate of drug-likeness (QED) is 0.617. The number of hydrogen-bond donors (Lipinski definition) is 1. The number of ether oxygens (including phenoxy) is 1. The lowest BCUT2D eigenvalue weighted by molar-refractivity contribution is 0.306. The number of hydrogen-bond acceptors (Lipinski definition) is 2. The first-order valence-electron chi connectivity index (χ1n) is 8.86. The van der Waals surface area contributed by atoms with Gasteiger partial charge in [-0.15, -0.1) is 12.4 Å². The van der Waals surface area contributed by atoms with Gasteiger partial charge in [-0.1, -0.05) is 60.7 Å². The van der Waals surface area contributed by atoms with Crippen LogP contribution in [-0.2, 0) is 12.1 Å². The van der Waals surface area contributed by atoms with Crippen LogP contribution >= 0.6 is 12.4 Å². The van der Waals surface area contributed by atoms with Crippen LogP contribution in [0.4, 0.5) is 0 Å². The van der Waals surface area contributed by atoms with Gasteiger partial charge in [-0.05, 0) is 60.3 Å². The minimum absolute atomic E-state index is 0. The molecule has 1 aliphatic carbocycles. The van der Waals surface area contributed by atoms with Crippen LogP contribution in [-0.4, -0.2) is 7.05 Å². The van der Waals surface area contributed by atoms with Crippen molar-refractivity contribution in [3.8, 4) is 16.9 Å². The number of halogens is 1. The second kappa shape index (κ2) is 7.94. The van der Waals surface area contributed by atoms with Crippen molar-refractivity contribution in [2.75, 3.05) is 7.05 Å². The largest absolute Gasteiger partial charge is 0.489 e. The van der Waals surface area contributed by atoms with Gasteiger partial charge in [0.2, 0.25) is 0 Å². The molecule has 2 nitrogen and oxygen atoms in total. The van der Waals surface area contributed by atoms with E-state index in [4.69, 9.17) is 4.74 Å². The molecule has 26 heavy (non-hydrogen) atoms. The topological polar surface area (TPSA) is 21.3 Å².